The van der Waals surface area contributed by atoms with Crippen LogP contribution in [0.5, 0.6) is 11.5 Å². The number of carbonyl (C=O) groups excluding carboxylic acids is 1. The second kappa shape index (κ2) is 9.33. The number of amides is 1. The minimum atomic E-state index is -2.96. The predicted octanol–water partition coefficient (Wildman–Crippen LogP) is 3.59. The van der Waals surface area contributed by atoms with Gasteiger partial charge in [-0.2, -0.15) is 8.78 Å². The molecule has 3 aromatic rings. The summed E-state index contributed by atoms with van der Waals surface area (Å²) in [6.07, 6.45) is 3.14. The average Bonchev–Trinajstić information content (AvgIpc) is 3.61. The molecule has 1 heterocycles. The molecule has 0 N–H and O–H groups in total. The zero-order valence-electron chi connectivity index (χ0n) is 17.5. The van der Waals surface area contributed by atoms with Gasteiger partial charge in [-0.1, -0.05) is 18.2 Å². The summed E-state index contributed by atoms with van der Waals surface area (Å²) >= 11 is 0. The lowest BCUT2D eigenvalue weighted by Crippen LogP contribution is -2.37. The number of carbonyl (C=O) groups is 1. The van der Waals surface area contributed by atoms with E-state index in [1.54, 1.807) is 48.2 Å². The van der Waals surface area contributed by atoms with Crippen LogP contribution in [-0.2, 0) is 17.9 Å². The quantitative estimate of drug-likeness (QED) is 0.505. The number of fused-ring (bicyclic) bond motifs is 1. The molecule has 168 valence electrons. The van der Waals surface area contributed by atoms with Crippen LogP contribution in [0.15, 0.2) is 53.6 Å². The van der Waals surface area contributed by atoms with Crippen LogP contribution < -0.4 is 15.0 Å². The number of benzene rings is 2. The molecule has 1 saturated carbocycles. The number of alkyl halides is 2. The standard InChI is InChI=1S/C23H23F2N3O4/c1-2-31-20-11-15(7-10-19(20)32-23(24)25)12-28(16-8-9-16)21(29)13-27-14-26-18-6-4-3-5-17(18)22(27)30/h3-7,10-11,14,16,23H,2,8-9,12-13H2,1H3. The lowest BCUT2D eigenvalue weighted by Gasteiger charge is -2.23. The topological polar surface area (TPSA) is 73.7 Å². The Kier molecular flexibility index (Phi) is 6.34. The Bertz CT molecular complexity index is 1180. The molecule has 4 rings (SSSR count). The predicted molar refractivity (Wildman–Crippen MR) is 114 cm³/mol. The number of halogens is 2. The molecule has 7 nitrogen and oxygen atoms in total. The van der Waals surface area contributed by atoms with Crippen LogP contribution >= 0.6 is 0 Å². The summed E-state index contributed by atoms with van der Waals surface area (Å²) in [5.41, 5.74) is 1.03. The zero-order valence-corrected chi connectivity index (χ0v) is 17.5. The van der Waals surface area contributed by atoms with Gasteiger partial charge in [-0.3, -0.25) is 14.2 Å². The molecule has 0 unspecified atom stereocenters. The first kappa shape index (κ1) is 21.7. The molecule has 32 heavy (non-hydrogen) atoms. The summed E-state index contributed by atoms with van der Waals surface area (Å²) in [5, 5.41) is 0.455. The third-order valence-electron chi connectivity index (χ3n) is 5.22. The summed E-state index contributed by atoms with van der Waals surface area (Å²) in [6, 6.07) is 11.7. The van der Waals surface area contributed by atoms with E-state index in [0.717, 1.165) is 18.4 Å². The zero-order chi connectivity index (χ0) is 22.7. The van der Waals surface area contributed by atoms with E-state index in [4.69, 9.17) is 4.74 Å². The van der Waals surface area contributed by atoms with Crippen molar-refractivity contribution in [1.29, 1.82) is 0 Å². The van der Waals surface area contributed by atoms with Crippen molar-refractivity contribution in [1.82, 2.24) is 14.5 Å². The van der Waals surface area contributed by atoms with Gasteiger partial charge in [0.1, 0.15) is 6.54 Å². The molecule has 0 atom stereocenters. The minimum absolute atomic E-state index is 0.0521. The van der Waals surface area contributed by atoms with Crippen LogP contribution in [0.1, 0.15) is 25.3 Å². The summed E-state index contributed by atoms with van der Waals surface area (Å²) in [5.74, 6) is -0.0651. The number of hydrogen-bond donors (Lipinski definition) is 0. The highest BCUT2D eigenvalue weighted by Crippen LogP contribution is 2.33. The molecule has 9 heteroatoms. The van der Waals surface area contributed by atoms with Gasteiger partial charge in [0.05, 0.1) is 23.8 Å². The molecule has 1 aromatic heterocycles. The van der Waals surface area contributed by atoms with Crippen molar-refractivity contribution >= 4 is 16.8 Å². The van der Waals surface area contributed by atoms with E-state index < -0.39 is 6.61 Å². The van der Waals surface area contributed by atoms with Crippen molar-refractivity contribution in [2.75, 3.05) is 6.61 Å². The van der Waals surface area contributed by atoms with Crippen LogP contribution in [-0.4, -0.2) is 39.6 Å². The van der Waals surface area contributed by atoms with Crippen molar-refractivity contribution in [2.45, 2.75) is 45.5 Å². The highest BCUT2D eigenvalue weighted by molar-refractivity contribution is 5.79. The van der Waals surface area contributed by atoms with Gasteiger partial charge in [-0.05, 0) is 49.6 Å². The molecule has 0 spiro atoms. The third-order valence-corrected chi connectivity index (χ3v) is 5.22. The van der Waals surface area contributed by atoms with Gasteiger partial charge in [0.25, 0.3) is 5.56 Å². The van der Waals surface area contributed by atoms with Crippen molar-refractivity contribution < 1.29 is 23.0 Å². The molecule has 1 aliphatic rings. The lowest BCUT2D eigenvalue weighted by molar-refractivity contribution is -0.133. The fourth-order valence-corrected chi connectivity index (χ4v) is 3.57. The molecule has 1 aliphatic carbocycles. The first-order valence-corrected chi connectivity index (χ1v) is 10.4. The van der Waals surface area contributed by atoms with Crippen molar-refractivity contribution in [3.8, 4) is 11.5 Å². The molecular weight excluding hydrogens is 420 g/mol. The SMILES string of the molecule is CCOc1cc(CN(C(=O)Cn2cnc3ccccc3c2=O)C2CC2)ccc1OC(F)F. The Hall–Kier alpha value is -3.49. The van der Waals surface area contributed by atoms with Gasteiger partial charge in [0.15, 0.2) is 11.5 Å². The van der Waals surface area contributed by atoms with Crippen molar-refractivity contribution in [3.63, 3.8) is 0 Å². The van der Waals surface area contributed by atoms with E-state index in [0.29, 0.717) is 10.9 Å². The second-order valence-corrected chi connectivity index (χ2v) is 7.54. The van der Waals surface area contributed by atoms with Gasteiger partial charge in [0.2, 0.25) is 5.91 Å². The van der Waals surface area contributed by atoms with E-state index in [1.807, 2.05) is 0 Å². The largest absolute Gasteiger partial charge is 0.490 e. The number of para-hydroxylation sites is 1. The summed E-state index contributed by atoms with van der Waals surface area (Å²) < 4.78 is 36.5. The van der Waals surface area contributed by atoms with Crippen LogP contribution in [0.3, 0.4) is 0 Å². The Morgan fingerprint density at radius 1 is 1.22 bits per heavy atom. The summed E-state index contributed by atoms with van der Waals surface area (Å²) in [4.78, 5) is 31.8. The lowest BCUT2D eigenvalue weighted by atomic mass is 10.1. The summed E-state index contributed by atoms with van der Waals surface area (Å²) in [7, 11) is 0. The molecule has 0 bridgehead atoms. The number of hydrogen-bond acceptors (Lipinski definition) is 5. The van der Waals surface area contributed by atoms with Gasteiger partial charge < -0.3 is 14.4 Å². The Morgan fingerprint density at radius 2 is 2.00 bits per heavy atom. The Labute approximate surface area is 183 Å². The molecule has 1 amide bonds. The van der Waals surface area contributed by atoms with E-state index in [9.17, 15) is 18.4 Å². The highest BCUT2D eigenvalue weighted by Gasteiger charge is 2.33. The van der Waals surface area contributed by atoms with E-state index in [1.165, 1.54) is 17.0 Å². The number of nitrogens with zero attached hydrogens (tertiary/aromatic N) is 3. The molecule has 1 fully saturated rings. The van der Waals surface area contributed by atoms with Gasteiger partial charge in [-0.25, -0.2) is 4.98 Å². The maximum absolute atomic E-state index is 13.1. The Morgan fingerprint density at radius 3 is 2.72 bits per heavy atom. The number of ether oxygens (including phenoxy) is 2. The summed E-state index contributed by atoms with van der Waals surface area (Å²) in [6.45, 7) is -0.786. The first-order chi connectivity index (χ1) is 15.5. The average molecular weight is 443 g/mol. The van der Waals surface area contributed by atoms with Crippen LogP contribution in [0, 0.1) is 0 Å². The molecule has 0 aliphatic heterocycles. The Balaban J connectivity index is 1.54. The second-order valence-electron chi connectivity index (χ2n) is 7.54. The normalized spacial score (nSPS) is 13.4. The minimum Gasteiger partial charge on any atom is -0.490 e. The van der Waals surface area contributed by atoms with Crippen LogP contribution in [0.4, 0.5) is 8.78 Å². The maximum Gasteiger partial charge on any atom is 0.387 e. The van der Waals surface area contributed by atoms with Crippen LogP contribution in [0.25, 0.3) is 10.9 Å². The fraction of sp³-hybridized carbons (Fsp3) is 0.348. The molecule has 0 radical (unpaired) electrons. The van der Waals surface area contributed by atoms with Gasteiger partial charge in [-0.15, -0.1) is 0 Å². The smallest absolute Gasteiger partial charge is 0.387 e. The van der Waals surface area contributed by atoms with E-state index >= 15 is 0 Å². The van der Waals surface area contributed by atoms with Gasteiger partial charge >= 0.3 is 6.61 Å². The first-order valence-electron chi connectivity index (χ1n) is 10.4. The molecular formula is C23H23F2N3O4. The number of rotatable bonds is 9. The van der Waals surface area contributed by atoms with Crippen molar-refractivity contribution in [2.24, 2.45) is 0 Å². The molecule has 0 saturated heterocycles. The van der Waals surface area contributed by atoms with Crippen molar-refractivity contribution in [3.05, 3.63) is 64.7 Å². The van der Waals surface area contributed by atoms with E-state index in [2.05, 4.69) is 9.72 Å². The fourth-order valence-electron chi connectivity index (χ4n) is 3.57. The third kappa shape index (κ3) is 4.87. The highest BCUT2D eigenvalue weighted by atomic mass is 19.3. The van der Waals surface area contributed by atoms with E-state index in [-0.39, 0.29) is 48.7 Å². The maximum atomic E-state index is 13.1. The van der Waals surface area contributed by atoms with Gasteiger partial charge in [0, 0.05) is 12.6 Å². The van der Waals surface area contributed by atoms with Crippen LogP contribution in [0.2, 0.25) is 0 Å². The molecule has 2 aromatic carbocycles. The number of aromatic nitrogens is 2. The monoisotopic (exact) mass is 443 g/mol.